The van der Waals surface area contributed by atoms with Gasteiger partial charge in [0.2, 0.25) is 11.2 Å². The second kappa shape index (κ2) is 7.08. The molecule has 142 valence electrons. The molecular formula is C17H20N5O5+. The highest BCUT2D eigenvalue weighted by Gasteiger charge is 2.44. The van der Waals surface area contributed by atoms with Crippen LogP contribution in [0.15, 0.2) is 43.0 Å². The highest BCUT2D eigenvalue weighted by molar-refractivity contribution is 5.79. The molecule has 0 aliphatic carbocycles. The second-order valence-corrected chi connectivity index (χ2v) is 6.27. The third-order valence-corrected chi connectivity index (χ3v) is 4.54. The Balaban J connectivity index is 1.60. The molecule has 1 aromatic carbocycles. The van der Waals surface area contributed by atoms with E-state index >= 15 is 0 Å². The van der Waals surface area contributed by atoms with Crippen molar-refractivity contribution >= 4 is 17.0 Å². The first-order chi connectivity index (χ1) is 13.1. The fraction of sp³-hybridized carbons (Fsp3) is 0.353. The molecular weight excluding hydrogens is 354 g/mol. The highest BCUT2D eigenvalue weighted by atomic mass is 16.7. The Morgan fingerprint density at radius 1 is 1.19 bits per heavy atom. The van der Waals surface area contributed by atoms with Crippen LogP contribution in [0.4, 0.5) is 5.82 Å². The number of fused-ring (bicyclic) bond motifs is 1. The Kier molecular flexibility index (Phi) is 4.62. The maximum absolute atomic E-state index is 10.2. The van der Waals surface area contributed by atoms with Gasteiger partial charge in [-0.15, -0.1) is 0 Å². The Bertz CT molecular complexity index is 934. The van der Waals surface area contributed by atoms with Crippen LogP contribution in [0.3, 0.4) is 0 Å². The summed E-state index contributed by atoms with van der Waals surface area (Å²) in [6.45, 7) is -0.108. The van der Waals surface area contributed by atoms with Crippen LogP contribution in [0, 0.1) is 0 Å². The van der Waals surface area contributed by atoms with Crippen molar-refractivity contribution in [3.63, 3.8) is 0 Å². The smallest absolute Gasteiger partial charge is 0.289 e. The van der Waals surface area contributed by atoms with Crippen LogP contribution in [0.25, 0.3) is 11.2 Å². The van der Waals surface area contributed by atoms with Gasteiger partial charge in [-0.1, -0.05) is 40.0 Å². The van der Waals surface area contributed by atoms with Gasteiger partial charge in [0.1, 0.15) is 24.6 Å². The normalized spacial score (nSPS) is 25.1. The monoisotopic (exact) mass is 374 g/mol. The number of anilines is 1. The number of rotatable bonds is 5. The summed E-state index contributed by atoms with van der Waals surface area (Å²) in [5, 5.41) is 29.4. The summed E-state index contributed by atoms with van der Waals surface area (Å²) in [5.41, 5.74) is 7.84. The maximum Gasteiger partial charge on any atom is 0.289 e. The van der Waals surface area contributed by atoms with Crippen molar-refractivity contribution in [1.82, 2.24) is 14.5 Å². The molecule has 1 saturated heterocycles. The molecule has 0 amide bonds. The molecule has 0 bridgehead atoms. The second-order valence-electron chi connectivity index (χ2n) is 6.27. The van der Waals surface area contributed by atoms with Crippen molar-refractivity contribution in [2.45, 2.75) is 31.1 Å². The molecule has 2 aromatic heterocycles. The standard InChI is InChI=1S/C17H19N5O5/c18-15-12-16(20-9-22(15)26-7-10-4-2-1-3-5-10)21(8-19-12)17-14(25)13(24)11(6-23)27-17/h1-5,8-9,11,13-14,17-18,23-25H,6-7H2/p+1/t11-,13-,14-,17-/m1/s1. The van der Waals surface area contributed by atoms with E-state index in [0.29, 0.717) is 17.8 Å². The summed E-state index contributed by atoms with van der Waals surface area (Å²) >= 11 is 0. The van der Waals surface area contributed by atoms with Gasteiger partial charge in [0.05, 0.1) is 6.61 Å². The van der Waals surface area contributed by atoms with Gasteiger partial charge in [0.25, 0.3) is 12.1 Å². The van der Waals surface area contributed by atoms with Gasteiger partial charge in [-0.2, -0.15) is 0 Å². The zero-order valence-electron chi connectivity index (χ0n) is 14.3. The van der Waals surface area contributed by atoms with Crippen molar-refractivity contribution in [2.75, 3.05) is 12.3 Å². The first-order valence-electron chi connectivity index (χ1n) is 8.42. The van der Waals surface area contributed by atoms with Gasteiger partial charge in [0, 0.05) is 0 Å². The number of aromatic nitrogens is 4. The summed E-state index contributed by atoms with van der Waals surface area (Å²) in [6, 6.07) is 9.61. The fourth-order valence-electron chi connectivity index (χ4n) is 3.05. The van der Waals surface area contributed by atoms with Crippen LogP contribution in [0.5, 0.6) is 0 Å². The quantitative estimate of drug-likeness (QED) is 0.397. The third kappa shape index (κ3) is 3.08. The summed E-state index contributed by atoms with van der Waals surface area (Å²) in [5.74, 6) is 0.237. The number of imidazole rings is 1. The average Bonchev–Trinajstić information content (AvgIpc) is 3.24. The molecule has 1 aliphatic rings. The lowest BCUT2D eigenvalue weighted by atomic mass is 10.1. The molecule has 0 radical (unpaired) electrons. The van der Waals surface area contributed by atoms with Crippen LogP contribution >= 0.6 is 0 Å². The minimum Gasteiger partial charge on any atom is -0.394 e. The van der Waals surface area contributed by atoms with Crippen molar-refractivity contribution in [3.05, 3.63) is 48.5 Å². The number of aliphatic hydroxyl groups is 3. The van der Waals surface area contributed by atoms with Crippen LogP contribution in [-0.4, -0.2) is 54.8 Å². The van der Waals surface area contributed by atoms with Gasteiger partial charge in [-0.25, -0.2) is 4.98 Å². The van der Waals surface area contributed by atoms with E-state index in [1.54, 1.807) is 0 Å². The number of hydrogen-bond acceptors (Lipinski definition) is 8. The first kappa shape index (κ1) is 17.6. The van der Waals surface area contributed by atoms with Gasteiger partial charge in [0.15, 0.2) is 12.8 Å². The molecule has 1 aliphatic heterocycles. The highest BCUT2D eigenvalue weighted by Crippen LogP contribution is 2.31. The van der Waals surface area contributed by atoms with Gasteiger partial charge in [-0.05, 0) is 5.56 Å². The molecule has 5 N–H and O–H groups in total. The molecule has 4 rings (SSSR count). The van der Waals surface area contributed by atoms with Gasteiger partial charge in [-0.3, -0.25) is 4.57 Å². The molecule has 4 atom stereocenters. The van der Waals surface area contributed by atoms with Gasteiger partial charge < -0.3 is 30.6 Å². The largest absolute Gasteiger partial charge is 0.394 e. The Hall–Kier alpha value is -2.79. The van der Waals surface area contributed by atoms with E-state index in [2.05, 4.69) is 9.97 Å². The van der Waals surface area contributed by atoms with Crippen LogP contribution in [0.2, 0.25) is 0 Å². The summed E-state index contributed by atoms with van der Waals surface area (Å²) in [7, 11) is 0. The Morgan fingerprint density at radius 3 is 2.67 bits per heavy atom. The van der Waals surface area contributed by atoms with Crippen molar-refractivity contribution in [3.8, 4) is 0 Å². The molecule has 27 heavy (non-hydrogen) atoms. The predicted octanol–water partition coefficient (Wildman–Crippen LogP) is -1.46. The number of aliphatic hydroxyl groups excluding tert-OH is 3. The van der Waals surface area contributed by atoms with Crippen molar-refractivity contribution < 1.29 is 29.6 Å². The topological polar surface area (TPSA) is 140 Å². The van der Waals surface area contributed by atoms with E-state index in [4.69, 9.17) is 15.3 Å². The zero-order chi connectivity index (χ0) is 19.0. The summed E-state index contributed by atoms with van der Waals surface area (Å²) in [4.78, 5) is 14.2. The Morgan fingerprint density at radius 2 is 1.96 bits per heavy atom. The fourth-order valence-corrected chi connectivity index (χ4v) is 3.05. The number of ether oxygens (including phenoxy) is 1. The lowest BCUT2D eigenvalue weighted by Crippen LogP contribution is -2.45. The number of benzene rings is 1. The van der Waals surface area contributed by atoms with Gasteiger partial charge >= 0.3 is 0 Å². The molecule has 3 heterocycles. The number of nitrogen functional groups attached to an aromatic ring is 1. The first-order valence-corrected chi connectivity index (χ1v) is 8.42. The van der Waals surface area contributed by atoms with E-state index in [0.717, 1.165) is 5.56 Å². The SMILES string of the molecule is Nc1c2ncn([C@@H]3O[C@H](CO)[C@@H](O)[C@H]3O)c2nc[n+]1OCc1ccccc1. The lowest BCUT2D eigenvalue weighted by Gasteiger charge is -2.15. The maximum atomic E-state index is 10.2. The molecule has 0 spiro atoms. The lowest BCUT2D eigenvalue weighted by molar-refractivity contribution is -0.885. The number of hydrogen-bond donors (Lipinski definition) is 4. The van der Waals surface area contributed by atoms with Crippen molar-refractivity contribution in [2.24, 2.45) is 0 Å². The van der Waals surface area contributed by atoms with E-state index in [9.17, 15) is 15.3 Å². The van der Waals surface area contributed by atoms with Crippen molar-refractivity contribution in [1.29, 1.82) is 0 Å². The Labute approximate surface area is 154 Å². The third-order valence-electron chi connectivity index (χ3n) is 4.54. The zero-order valence-corrected chi connectivity index (χ0v) is 14.3. The van der Waals surface area contributed by atoms with E-state index < -0.39 is 31.1 Å². The summed E-state index contributed by atoms with van der Waals surface area (Å²) < 4.78 is 8.31. The van der Waals surface area contributed by atoms with Crippen LogP contribution in [0.1, 0.15) is 11.8 Å². The summed E-state index contributed by atoms with van der Waals surface area (Å²) in [6.07, 6.45) is -1.45. The molecule has 10 heteroatoms. The molecule has 3 aromatic rings. The van der Waals surface area contributed by atoms with E-state index in [-0.39, 0.29) is 5.82 Å². The van der Waals surface area contributed by atoms with E-state index in [1.165, 1.54) is 22.0 Å². The average molecular weight is 374 g/mol. The minimum absolute atomic E-state index is 0.237. The number of nitrogens with two attached hydrogens (primary N) is 1. The molecule has 1 fully saturated rings. The van der Waals surface area contributed by atoms with Crippen LogP contribution < -0.4 is 15.3 Å². The predicted molar refractivity (Wildman–Crippen MR) is 91.9 cm³/mol. The van der Waals surface area contributed by atoms with E-state index in [1.807, 2.05) is 30.3 Å². The molecule has 0 unspecified atom stereocenters. The van der Waals surface area contributed by atoms with Crippen LogP contribution in [-0.2, 0) is 11.3 Å². The molecule has 0 saturated carbocycles. The minimum atomic E-state index is -1.23. The molecule has 10 nitrogen and oxygen atoms in total. The number of nitrogens with zero attached hydrogens (tertiary/aromatic N) is 4.